The van der Waals surface area contributed by atoms with Crippen molar-refractivity contribution in [3.8, 4) is 0 Å². The summed E-state index contributed by atoms with van der Waals surface area (Å²) < 4.78 is 0. The van der Waals surface area contributed by atoms with Crippen LogP contribution in [-0.2, 0) is 0 Å². The molecule has 1 rings (SSSR count). The van der Waals surface area contributed by atoms with Gasteiger partial charge in [0.25, 0.3) is 0 Å². The molecular formula is C24H42. The molecule has 0 bridgehead atoms. The summed E-state index contributed by atoms with van der Waals surface area (Å²) in [5, 5.41) is 0. The maximum atomic E-state index is 2.56. The van der Waals surface area contributed by atoms with Gasteiger partial charge in [0.05, 0.1) is 0 Å². The number of rotatable bonds is 12. The number of hydrogen-bond donors (Lipinski definition) is 0. The van der Waals surface area contributed by atoms with Crippen molar-refractivity contribution in [1.29, 1.82) is 0 Å². The summed E-state index contributed by atoms with van der Waals surface area (Å²) in [6.45, 7) is 6.88. The van der Waals surface area contributed by atoms with Gasteiger partial charge in [-0.3, -0.25) is 0 Å². The van der Waals surface area contributed by atoms with E-state index in [1.165, 1.54) is 96.3 Å². The molecule has 0 aromatic rings. The Morgan fingerprint density at radius 1 is 0.500 bits per heavy atom. The lowest BCUT2D eigenvalue weighted by Crippen LogP contribution is -2.02. The molecule has 0 nitrogen and oxygen atoms in total. The second kappa shape index (κ2) is 14.6. The molecule has 1 fully saturated rings. The molecule has 0 heterocycles. The van der Waals surface area contributed by atoms with Crippen LogP contribution in [0.2, 0.25) is 0 Å². The molecule has 0 unspecified atom stereocenters. The van der Waals surface area contributed by atoms with E-state index >= 15 is 0 Å². The molecule has 0 spiro atoms. The van der Waals surface area contributed by atoms with Crippen LogP contribution in [0.3, 0.4) is 0 Å². The summed E-state index contributed by atoms with van der Waals surface area (Å²) in [7, 11) is 0. The van der Waals surface area contributed by atoms with Crippen LogP contribution in [0.4, 0.5) is 0 Å². The van der Waals surface area contributed by atoms with E-state index in [0.717, 1.165) is 0 Å². The fourth-order valence-corrected chi connectivity index (χ4v) is 3.60. The van der Waals surface area contributed by atoms with Gasteiger partial charge in [-0.25, -0.2) is 0 Å². The zero-order valence-corrected chi connectivity index (χ0v) is 16.8. The van der Waals surface area contributed by atoms with E-state index in [4.69, 9.17) is 0 Å². The first-order chi connectivity index (χ1) is 11.8. The van der Waals surface area contributed by atoms with Crippen LogP contribution in [-0.4, -0.2) is 0 Å². The summed E-state index contributed by atoms with van der Waals surface area (Å²) in [5.74, 6) is 0. The first-order valence-corrected chi connectivity index (χ1v) is 10.8. The molecule has 0 saturated heterocycles. The predicted octanol–water partition coefficient (Wildman–Crippen LogP) is 8.69. The summed E-state index contributed by atoms with van der Waals surface area (Å²) >= 11 is 0. The Balaban J connectivity index is 2.60. The summed E-state index contributed by atoms with van der Waals surface area (Å²) in [5.41, 5.74) is 5.09. The van der Waals surface area contributed by atoms with Crippen molar-refractivity contribution in [3.05, 3.63) is 34.9 Å². The Bertz CT molecular complexity index is 320. The van der Waals surface area contributed by atoms with Crippen LogP contribution in [0.25, 0.3) is 0 Å². The van der Waals surface area contributed by atoms with Crippen LogP contribution < -0.4 is 0 Å². The average molecular weight is 331 g/mol. The SMILES string of the molecule is CCCCCC=C1CC(=CCCCCC)CC(=CCCCCC)C1. The summed E-state index contributed by atoms with van der Waals surface area (Å²) in [4.78, 5) is 0. The van der Waals surface area contributed by atoms with Gasteiger partial charge in [-0.15, -0.1) is 0 Å². The number of hydrogen-bond acceptors (Lipinski definition) is 0. The largest absolute Gasteiger partial charge is 0.0847 e. The fraction of sp³-hybridized carbons (Fsp3) is 0.750. The topological polar surface area (TPSA) is 0 Å². The molecule has 1 saturated carbocycles. The van der Waals surface area contributed by atoms with Gasteiger partial charge in [-0.05, 0) is 57.8 Å². The monoisotopic (exact) mass is 330 g/mol. The van der Waals surface area contributed by atoms with Crippen LogP contribution in [0, 0.1) is 0 Å². The van der Waals surface area contributed by atoms with Gasteiger partial charge in [0.1, 0.15) is 0 Å². The molecule has 0 N–H and O–H groups in total. The van der Waals surface area contributed by atoms with Crippen LogP contribution in [0.15, 0.2) is 34.9 Å². The van der Waals surface area contributed by atoms with Crippen LogP contribution >= 0.6 is 0 Å². The number of allylic oxidation sites excluding steroid dienone is 6. The molecule has 1 aliphatic rings. The lowest BCUT2D eigenvalue weighted by molar-refractivity contribution is 0.709. The molecule has 0 amide bonds. The smallest absolute Gasteiger partial charge is 0.0102 e. The standard InChI is InChI=1S/C24H42/c1-4-7-10-13-16-22-19-23(17-14-11-8-5-2)21-24(20-22)18-15-12-9-6-3/h16-18H,4-15,19-21H2,1-3H3. The van der Waals surface area contributed by atoms with Gasteiger partial charge in [0.15, 0.2) is 0 Å². The molecule has 0 radical (unpaired) electrons. The van der Waals surface area contributed by atoms with Crippen molar-refractivity contribution >= 4 is 0 Å². The second-order valence-electron chi connectivity index (χ2n) is 7.60. The minimum atomic E-state index is 1.25. The Hall–Kier alpha value is -0.780. The van der Waals surface area contributed by atoms with Crippen LogP contribution in [0.5, 0.6) is 0 Å². The van der Waals surface area contributed by atoms with Gasteiger partial charge in [-0.2, -0.15) is 0 Å². The molecule has 1 aliphatic carbocycles. The van der Waals surface area contributed by atoms with E-state index in [9.17, 15) is 0 Å². The highest BCUT2D eigenvalue weighted by atomic mass is 14.2. The predicted molar refractivity (Wildman–Crippen MR) is 111 cm³/mol. The third kappa shape index (κ3) is 10.2. The Morgan fingerprint density at radius 2 is 0.792 bits per heavy atom. The van der Waals surface area contributed by atoms with Gasteiger partial charge >= 0.3 is 0 Å². The quantitative estimate of drug-likeness (QED) is 0.248. The van der Waals surface area contributed by atoms with Crippen molar-refractivity contribution in [2.24, 2.45) is 0 Å². The molecule has 0 aliphatic heterocycles. The zero-order valence-electron chi connectivity index (χ0n) is 16.8. The lowest BCUT2D eigenvalue weighted by atomic mass is 9.84. The summed E-state index contributed by atoms with van der Waals surface area (Å²) in [6, 6.07) is 0. The van der Waals surface area contributed by atoms with Crippen molar-refractivity contribution in [3.63, 3.8) is 0 Å². The lowest BCUT2D eigenvalue weighted by Gasteiger charge is -2.22. The minimum Gasteiger partial charge on any atom is -0.0847 e. The van der Waals surface area contributed by atoms with Crippen molar-refractivity contribution in [2.45, 2.75) is 117 Å². The van der Waals surface area contributed by atoms with Gasteiger partial charge in [-0.1, -0.05) is 94.2 Å². The van der Waals surface area contributed by atoms with E-state index in [-0.39, 0.29) is 0 Å². The highest BCUT2D eigenvalue weighted by Crippen LogP contribution is 2.33. The molecule has 0 atom stereocenters. The van der Waals surface area contributed by atoms with Crippen molar-refractivity contribution in [2.75, 3.05) is 0 Å². The normalized spacial score (nSPS) is 14.9. The van der Waals surface area contributed by atoms with E-state index in [0.29, 0.717) is 0 Å². The molecule has 24 heavy (non-hydrogen) atoms. The van der Waals surface area contributed by atoms with E-state index < -0.39 is 0 Å². The molecule has 0 aromatic carbocycles. The van der Waals surface area contributed by atoms with Crippen molar-refractivity contribution in [1.82, 2.24) is 0 Å². The molecule has 0 aromatic heterocycles. The first-order valence-electron chi connectivity index (χ1n) is 10.8. The Morgan fingerprint density at radius 3 is 1.04 bits per heavy atom. The average Bonchev–Trinajstić information content (AvgIpc) is 2.59. The van der Waals surface area contributed by atoms with Gasteiger partial charge < -0.3 is 0 Å². The maximum Gasteiger partial charge on any atom is -0.0102 e. The minimum absolute atomic E-state index is 1.25. The summed E-state index contributed by atoms with van der Waals surface area (Å²) in [6.07, 6.45) is 27.5. The van der Waals surface area contributed by atoms with Gasteiger partial charge in [0.2, 0.25) is 0 Å². The van der Waals surface area contributed by atoms with E-state index in [1.54, 1.807) is 16.7 Å². The Kier molecular flexibility index (Phi) is 12.9. The fourth-order valence-electron chi connectivity index (χ4n) is 3.60. The third-order valence-corrected chi connectivity index (χ3v) is 5.08. The highest BCUT2D eigenvalue weighted by molar-refractivity contribution is 5.31. The van der Waals surface area contributed by atoms with Gasteiger partial charge in [0, 0.05) is 0 Å². The van der Waals surface area contributed by atoms with Crippen molar-refractivity contribution < 1.29 is 0 Å². The highest BCUT2D eigenvalue weighted by Gasteiger charge is 2.14. The molecule has 138 valence electrons. The first kappa shape index (κ1) is 21.3. The Labute approximate surface area is 152 Å². The molecular weight excluding hydrogens is 288 g/mol. The zero-order chi connectivity index (χ0) is 17.5. The maximum absolute atomic E-state index is 2.56. The second-order valence-corrected chi connectivity index (χ2v) is 7.60. The van der Waals surface area contributed by atoms with E-state index in [2.05, 4.69) is 39.0 Å². The van der Waals surface area contributed by atoms with Crippen LogP contribution in [0.1, 0.15) is 117 Å². The van der Waals surface area contributed by atoms with E-state index in [1.807, 2.05) is 0 Å². The third-order valence-electron chi connectivity index (χ3n) is 5.08. The molecule has 0 heteroatoms. The number of unbranched alkanes of at least 4 members (excludes halogenated alkanes) is 9.